The molecule has 1 heterocycles. The quantitative estimate of drug-likeness (QED) is 0.749. The summed E-state index contributed by atoms with van der Waals surface area (Å²) in [6.07, 6.45) is 0. The summed E-state index contributed by atoms with van der Waals surface area (Å²) in [5.74, 6) is 1.27. The fraction of sp³-hybridized carbons (Fsp3) is 0.533. The van der Waals surface area contributed by atoms with E-state index in [1.165, 1.54) is 0 Å². The van der Waals surface area contributed by atoms with Gasteiger partial charge in [0.1, 0.15) is 11.3 Å². The highest BCUT2D eigenvalue weighted by Gasteiger charge is 2.11. The first-order valence-electron chi connectivity index (χ1n) is 7.23. The van der Waals surface area contributed by atoms with Crippen LogP contribution in [0.1, 0.15) is 6.92 Å². The van der Waals surface area contributed by atoms with E-state index in [9.17, 15) is 0 Å². The average molecular weight is 292 g/mol. The van der Waals surface area contributed by atoms with Gasteiger partial charge in [0.2, 0.25) is 5.95 Å². The lowest BCUT2D eigenvalue weighted by molar-refractivity contribution is 0.112. The van der Waals surface area contributed by atoms with Gasteiger partial charge in [-0.2, -0.15) is 0 Å². The van der Waals surface area contributed by atoms with Crippen molar-refractivity contribution in [3.63, 3.8) is 0 Å². The summed E-state index contributed by atoms with van der Waals surface area (Å²) in [6.45, 7) is 5.49. The van der Waals surface area contributed by atoms with Gasteiger partial charge in [-0.1, -0.05) is 6.07 Å². The first-order valence-corrected chi connectivity index (χ1v) is 7.23. The Morgan fingerprint density at radius 2 is 2.10 bits per heavy atom. The maximum Gasteiger partial charge on any atom is 0.201 e. The number of aromatic nitrogens is 2. The molecule has 0 spiro atoms. The lowest BCUT2D eigenvalue weighted by Gasteiger charge is -2.11. The minimum atomic E-state index is 0.494. The van der Waals surface area contributed by atoms with Gasteiger partial charge in [0.05, 0.1) is 25.3 Å². The van der Waals surface area contributed by atoms with Gasteiger partial charge in [-0.25, -0.2) is 4.98 Å². The molecular formula is C15H24N4O2. The summed E-state index contributed by atoms with van der Waals surface area (Å²) in [7, 11) is 4.06. The van der Waals surface area contributed by atoms with Crippen LogP contribution in [0.3, 0.4) is 0 Å². The van der Waals surface area contributed by atoms with E-state index in [0.29, 0.717) is 32.3 Å². The number of anilines is 1. The Morgan fingerprint density at radius 3 is 2.81 bits per heavy atom. The largest absolute Gasteiger partial charge is 0.492 e. The highest BCUT2D eigenvalue weighted by molar-refractivity contribution is 5.84. The predicted octanol–water partition coefficient (Wildman–Crippen LogP) is 1.60. The smallest absolute Gasteiger partial charge is 0.201 e. The Hall–Kier alpha value is -1.79. The monoisotopic (exact) mass is 292 g/mol. The Labute approximate surface area is 125 Å². The molecule has 1 aromatic carbocycles. The summed E-state index contributed by atoms with van der Waals surface area (Å²) in [5.41, 5.74) is 7.81. The van der Waals surface area contributed by atoms with Gasteiger partial charge in [0, 0.05) is 13.1 Å². The van der Waals surface area contributed by atoms with E-state index >= 15 is 0 Å². The van der Waals surface area contributed by atoms with Crippen LogP contribution < -0.4 is 10.5 Å². The number of likely N-dealkylation sites (N-methyl/N-ethyl adjacent to an activating group) is 1. The molecule has 2 aromatic rings. The van der Waals surface area contributed by atoms with Crippen LogP contribution in [0.4, 0.5) is 5.95 Å². The molecule has 0 unspecified atom stereocenters. The lowest BCUT2D eigenvalue weighted by Crippen LogP contribution is -2.19. The van der Waals surface area contributed by atoms with Crippen molar-refractivity contribution in [1.82, 2.24) is 14.5 Å². The van der Waals surface area contributed by atoms with Gasteiger partial charge in [0.25, 0.3) is 0 Å². The van der Waals surface area contributed by atoms with Crippen LogP contribution in [-0.4, -0.2) is 54.9 Å². The Balaban J connectivity index is 2.06. The molecule has 2 rings (SSSR count). The molecule has 116 valence electrons. The van der Waals surface area contributed by atoms with Crippen molar-refractivity contribution in [2.45, 2.75) is 13.5 Å². The van der Waals surface area contributed by atoms with E-state index in [4.69, 9.17) is 15.2 Å². The number of hydrogen-bond acceptors (Lipinski definition) is 5. The van der Waals surface area contributed by atoms with Crippen molar-refractivity contribution in [1.29, 1.82) is 0 Å². The fourth-order valence-corrected chi connectivity index (χ4v) is 2.15. The van der Waals surface area contributed by atoms with Gasteiger partial charge < -0.3 is 24.7 Å². The number of rotatable bonds is 8. The number of nitrogens with two attached hydrogens (primary N) is 1. The van der Waals surface area contributed by atoms with E-state index in [2.05, 4.69) is 9.88 Å². The summed E-state index contributed by atoms with van der Waals surface area (Å²) in [6, 6.07) is 5.87. The molecule has 0 amide bonds. The number of nitrogen functional groups attached to an aromatic ring is 1. The van der Waals surface area contributed by atoms with Crippen molar-refractivity contribution in [3.05, 3.63) is 18.2 Å². The average Bonchev–Trinajstić information content (AvgIpc) is 2.76. The predicted molar refractivity (Wildman–Crippen MR) is 84.7 cm³/mol. The van der Waals surface area contributed by atoms with Gasteiger partial charge >= 0.3 is 0 Å². The molecule has 6 nitrogen and oxygen atoms in total. The van der Waals surface area contributed by atoms with E-state index in [-0.39, 0.29) is 0 Å². The Kier molecular flexibility index (Phi) is 5.41. The van der Waals surface area contributed by atoms with Crippen molar-refractivity contribution < 1.29 is 9.47 Å². The summed E-state index contributed by atoms with van der Waals surface area (Å²) >= 11 is 0. The van der Waals surface area contributed by atoms with Crippen molar-refractivity contribution >= 4 is 17.0 Å². The molecule has 0 atom stereocenters. The summed E-state index contributed by atoms with van der Waals surface area (Å²) in [5, 5.41) is 0. The molecule has 0 saturated heterocycles. The lowest BCUT2D eigenvalue weighted by atomic mass is 10.3. The molecule has 0 aliphatic heterocycles. The number of benzene rings is 1. The first kappa shape index (κ1) is 15.6. The molecule has 1 aromatic heterocycles. The SMILES string of the molecule is CCOc1cccc2c1nc(N)n2CCOCCN(C)C. The number of nitrogens with zero attached hydrogens (tertiary/aromatic N) is 3. The number of ether oxygens (including phenoxy) is 2. The Morgan fingerprint density at radius 1 is 1.29 bits per heavy atom. The number of para-hydroxylation sites is 1. The van der Waals surface area contributed by atoms with Crippen LogP contribution in [0, 0.1) is 0 Å². The molecule has 21 heavy (non-hydrogen) atoms. The van der Waals surface area contributed by atoms with Gasteiger partial charge in [-0.3, -0.25) is 0 Å². The number of hydrogen-bond donors (Lipinski definition) is 1. The maximum atomic E-state index is 6.01. The van der Waals surface area contributed by atoms with Crippen molar-refractivity contribution in [2.75, 3.05) is 46.2 Å². The maximum absolute atomic E-state index is 6.01. The Bertz CT molecular complexity index is 580. The van der Waals surface area contributed by atoms with E-state index < -0.39 is 0 Å². The van der Waals surface area contributed by atoms with E-state index in [1.807, 2.05) is 43.8 Å². The minimum Gasteiger partial charge on any atom is -0.492 e. The second kappa shape index (κ2) is 7.28. The van der Waals surface area contributed by atoms with Crippen LogP contribution in [0.25, 0.3) is 11.0 Å². The first-order chi connectivity index (χ1) is 10.1. The third kappa shape index (κ3) is 3.86. The number of fused-ring (bicyclic) bond motifs is 1. The van der Waals surface area contributed by atoms with Gasteiger partial charge in [-0.05, 0) is 33.2 Å². The second-order valence-corrected chi connectivity index (χ2v) is 5.09. The van der Waals surface area contributed by atoms with Crippen LogP contribution >= 0.6 is 0 Å². The molecule has 0 radical (unpaired) electrons. The molecule has 0 bridgehead atoms. The van der Waals surface area contributed by atoms with Crippen molar-refractivity contribution in [2.24, 2.45) is 0 Å². The molecule has 6 heteroatoms. The minimum absolute atomic E-state index is 0.494. The third-order valence-electron chi connectivity index (χ3n) is 3.21. The summed E-state index contributed by atoms with van der Waals surface area (Å²) in [4.78, 5) is 6.50. The molecular weight excluding hydrogens is 268 g/mol. The number of imidazole rings is 1. The van der Waals surface area contributed by atoms with E-state index in [0.717, 1.165) is 23.3 Å². The normalized spacial score (nSPS) is 11.4. The highest BCUT2D eigenvalue weighted by Crippen LogP contribution is 2.26. The topological polar surface area (TPSA) is 65.5 Å². The van der Waals surface area contributed by atoms with Crippen LogP contribution in [0.5, 0.6) is 5.75 Å². The van der Waals surface area contributed by atoms with Gasteiger partial charge in [-0.15, -0.1) is 0 Å². The van der Waals surface area contributed by atoms with Crippen LogP contribution in [0.15, 0.2) is 18.2 Å². The van der Waals surface area contributed by atoms with Gasteiger partial charge in [0.15, 0.2) is 0 Å². The highest BCUT2D eigenvalue weighted by atomic mass is 16.5. The van der Waals surface area contributed by atoms with Crippen LogP contribution in [0.2, 0.25) is 0 Å². The molecule has 0 aliphatic carbocycles. The van der Waals surface area contributed by atoms with Crippen LogP contribution in [-0.2, 0) is 11.3 Å². The molecule has 0 fully saturated rings. The van der Waals surface area contributed by atoms with E-state index in [1.54, 1.807) is 0 Å². The summed E-state index contributed by atoms with van der Waals surface area (Å²) < 4.78 is 13.2. The molecule has 0 saturated carbocycles. The third-order valence-corrected chi connectivity index (χ3v) is 3.21. The zero-order chi connectivity index (χ0) is 15.2. The van der Waals surface area contributed by atoms with Crippen molar-refractivity contribution in [3.8, 4) is 5.75 Å². The standard InChI is InChI=1S/C15H24N4O2/c1-4-21-13-7-5-6-12-14(13)17-15(16)19(12)9-11-20-10-8-18(2)3/h5-7H,4,8-11H2,1-3H3,(H2,16,17). The zero-order valence-corrected chi connectivity index (χ0v) is 13.0. The second-order valence-electron chi connectivity index (χ2n) is 5.09. The molecule has 2 N–H and O–H groups in total. The molecule has 0 aliphatic rings. The zero-order valence-electron chi connectivity index (χ0n) is 13.0. The fourth-order valence-electron chi connectivity index (χ4n) is 2.15.